The number of aromatic nitrogens is 1. The molecule has 0 aliphatic rings. The van der Waals surface area contributed by atoms with Crippen LogP contribution in [0.2, 0.25) is 0 Å². The standard InChI is InChI=1S/C15H13BrF2N2O3/c1-22-15(21)10-3-2-9(18)5-11(10)13(6-17)23-12-4-8(16)7-20-14(12)19/h2-5,7,13H,6H2,1H3,(H2,19,20)/t13-/m0/s1. The molecule has 1 heterocycles. The molecule has 122 valence electrons. The highest BCUT2D eigenvalue weighted by Crippen LogP contribution is 2.30. The smallest absolute Gasteiger partial charge is 0.338 e. The summed E-state index contributed by atoms with van der Waals surface area (Å²) in [6, 6.07) is 4.82. The highest BCUT2D eigenvalue weighted by atomic mass is 79.9. The van der Waals surface area contributed by atoms with Crippen molar-refractivity contribution >= 4 is 27.7 Å². The third-order valence-corrected chi connectivity index (χ3v) is 3.46. The zero-order valence-electron chi connectivity index (χ0n) is 12.1. The lowest BCUT2D eigenvalue weighted by Gasteiger charge is -2.19. The number of hydrogen-bond donors (Lipinski definition) is 1. The quantitative estimate of drug-likeness (QED) is 0.796. The Morgan fingerprint density at radius 3 is 2.83 bits per heavy atom. The fourth-order valence-corrected chi connectivity index (χ4v) is 2.26. The molecule has 0 saturated carbocycles. The summed E-state index contributed by atoms with van der Waals surface area (Å²) in [4.78, 5) is 15.6. The fraction of sp³-hybridized carbons (Fsp3) is 0.200. The van der Waals surface area contributed by atoms with E-state index in [1.54, 1.807) is 0 Å². The van der Waals surface area contributed by atoms with Crippen molar-refractivity contribution in [2.45, 2.75) is 6.10 Å². The van der Waals surface area contributed by atoms with Crippen LogP contribution >= 0.6 is 15.9 Å². The van der Waals surface area contributed by atoms with Crippen molar-refractivity contribution in [2.75, 3.05) is 19.5 Å². The molecule has 5 nitrogen and oxygen atoms in total. The predicted octanol–water partition coefficient (Wildman–Crippen LogP) is 3.44. The number of alkyl halides is 1. The molecule has 2 rings (SSSR count). The first-order chi connectivity index (χ1) is 11.0. The van der Waals surface area contributed by atoms with Gasteiger partial charge < -0.3 is 15.2 Å². The van der Waals surface area contributed by atoms with Crippen LogP contribution in [0.1, 0.15) is 22.0 Å². The molecule has 0 unspecified atom stereocenters. The molecule has 2 aromatic rings. The highest BCUT2D eigenvalue weighted by molar-refractivity contribution is 9.10. The molecule has 1 atom stereocenters. The molecule has 1 aromatic heterocycles. The minimum absolute atomic E-state index is 0.0121. The van der Waals surface area contributed by atoms with Crippen LogP contribution in [0, 0.1) is 5.82 Å². The minimum atomic E-state index is -1.24. The van der Waals surface area contributed by atoms with Crippen LogP contribution in [-0.4, -0.2) is 24.7 Å². The van der Waals surface area contributed by atoms with Crippen LogP contribution in [0.15, 0.2) is 34.9 Å². The van der Waals surface area contributed by atoms with Crippen LogP contribution < -0.4 is 10.5 Å². The number of ether oxygens (including phenoxy) is 2. The first-order valence-corrected chi connectivity index (χ1v) is 7.27. The number of nitrogens with zero attached hydrogens (tertiary/aromatic N) is 1. The molecule has 0 bridgehead atoms. The van der Waals surface area contributed by atoms with Gasteiger partial charge in [0.05, 0.1) is 12.7 Å². The Labute approximate surface area is 139 Å². The SMILES string of the molecule is COC(=O)c1ccc(F)cc1[C@H](CF)Oc1cc(Br)cnc1N. The fourth-order valence-electron chi connectivity index (χ4n) is 1.95. The van der Waals surface area contributed by atoms with Crippen molar-refractivity contribution in [3.8, 4) is 5.75 Å². The van der Waals surface area contributed by atoms with Gasteiger partial charge in [-0.25, -0.2) is 18.6 Å². The number of carbonyl (C=O) groups is 1. The normalized spacial score (nSPS) is 11.8. The number of benzene rings is 1. The van der Waals surface area contributed by atoms with Crippen molar-refractivity contribution in [1.29, 1.82) is 0 Å². The number of pyridine rings is 1. The summed E-state index contributed by atoms with van der Waals surface area (Å²) >= 11 is 3.20. The molecular weight excluding hydrogens is 374 g/mol. The van der Waals surface area contributed by atoms with E-state index in [2.05, 4.69) is 25.7 Å². The summed E-state index contributed by atoms with van der Waals surface area (Å²) < 4.78 is 37.7. The van der Waals surface area contributed by atoms with Crippen molar-refractivity contribution in [1.82, 2.24) is 4.98 Å². The largest absolute Gasteiger partial charge is 0.479 e. The number of hydrogen-bond acceptors (Lipinski definition) is 5. The van der Waals surface area contributed by atoms with E-state index in [-0.39, 0.29) is 22.7 Å². The van der Waals surface area contributed by atoms with E-state index in [1.165, 1.54) is 25.4 Å². The number of halogens is 3. The monoisotopic (exact) mass is 386 g/mol. The Hall–Kier alpha value is -2.22. The number of rotatable bonds is 5. The van der Waals surface area contributed by atoms with Crippen LogP contribution in [-0.2, 0) is 4.74 Å². The lowest BCUT2D eigenvalue weighted by atomic mass is 10.0. The summed E-state index contributed by atoms with van der Waals surface area (Å²) in [7, 11) is 1.18. The van der Waals surface area contributed by atoms with Gasteiger partial charge in [-0.2, -0.15) is 0 Å². The number of nitrogen functional groups attached to an aromatic ring is 1. The number of esters is 1. The maximum atomic E-state index is 13.5. The lowest BCUT2D eigenvalue weighted by Crippen LogP contribution is -2.16. The Kier molecular flexibility index (Phi) is 5.49. The molecule has 23 heavy (non-hydrogen) atoms. The Bertz CT molecular complexity index is 728. The molecule has 0 spiro atoms. The van der Waals surface area contributed by atoms with Gasteiger partial charge >= 0.3 is 5.97 Å². The Morgan fingerprint density at radius 1 is 1.43 bits per heavy atom. The van der Waals surface area contributed by atoms with E-state index in [1.807, 2.05) is 0 Å². The molecule has 8 heteroatoms. The molecule has 0 aliphatic carbocycles. The van der Waals surface area contributed by atoms with Gasteiger partial charge in [0.2, 0.25) is 0 Å². The second-order valence-corrected chi connectivity index (χ2v) is 5.44. The first kappa shape index (κ1) is 17.1. The Balaban J connectivity index is 2.43. The summed E-state index contributed by atoms with van der Waals surface area (Å²) in [5.74, 6) is -1.19. The van der Waals surface area contributed by atoms with E-state index >= 15 is 0 Å². The van der Waals surface area contributed by atoms with E-state index in [0.29, 0.717) is 4.47 Å². The minimum Gasteiger partial charge on any atom is -0.479 e. The third-order valence-electron chi connectivity index (χ3n) is 3.02. The summed E-state index contributed by atoms with van der Waals surface area (Å²) in [6.45, 7) is -1.00. The van der Waals surface area contributed by atoms with Gasteiger partial charge in [-0.1, -0.05) is 0 Å². The van der Waals surface area contributed by atoms with E-state index in [0.717, 1.165) is 12.1 Å². The average Bonchev–Trinajstić information content (AvgIpc) is 2.54. The topological polar surface area (TPSA) is 74.4 Å². The maximum Gasteiger partial charge on any atom is 0.338 e. The van der Waals surface area contributed by atoms with E-state index in [4.69, 9.17) is 10.5 Å². The van der Waals surface area contributed by atoms with Crippen LogP contribution in [0.25, 0.3) is 0 Å². The van der Waals surface area contributed by atoms with Gasteiger partial charge in [-0.05, 0) is 40.2 Å². The van der Waals surface area contributed by atoms with Gasteiger partial charge in [0.15, 0.2) is 17.7 Å². The second-order valence-electron chi connectivity index (χ2n) is 4.52. The predicted molar refractivity (Wildman–Crippen MR) is 83.4 cm³/mol. The number of nitrogens with two attached hydrogens (primary N) is 1. The molecule has 0 amide bonds. The van der Waals surface area contributed by atoms with E-state index < -0.39 is 24.6 Å². The van der Waals surface area contributed by atoms with Crippen molar-refractivity contribution < 1.29 is 23.0 Å². The number of carbonyl (C=O) groups excluding carboxylic acids is 1. The van der Waals surface area contributed by atoms with Crippen molar-refractivity contribution in [2.24, 2.45) is 0 Å². The van der Waals surface area contributed by atoms with E-state index in [9.17, 15) is 13.6 Å². The first-order valence-electron chi connectivity index (χ1n) is 6.47. The van der Waals surface area contributed by atoms with Crippen LogP contribution in [0.5, 0.6) is 5.75 Å². The third kappa shape index (κ3) is 3.95. The zero-order valence-corrected chi connectivity index (χ0v) is 13.6. The summed E-state index contributed by atoms with van der Waals surface area (Å²) in [5, 5.41) is 0. The van der Waals surface area contributed by atoms with Crippen LogP contribution in [0.3, 0.4) is 0 Å². The van der Waals surface area contributed by atoms with Crippen molar-refractivity contribution in [3.05, 3.63) is 51.9 Å². The molecule has 1 aromatic carbocycles. The summed E-state index contributed by atoms with van der Waals surface area (Å²) in [5.41, 5.74) is 5.72. The molecule has 0 saturated heterocycles. The van der Waals surface area contributed by atoms with Gasteiger partial charge in [0.25, 0.3) is 0 Å². The van der Waals surface area contributed by atoms with Gasteiger partial charge in [-0.15, -0.1) is 0 Å². The van der Waals surface area contributed by atoms with Gasteiger partial charge in [0.1, 0.15) is 12.5 Å². The number of methoxy groups -OCH3 is 1. The Morgan fingerprint density at radius 2 is 2.17 bits per heavy atom. The summed E-state index contributed by atoms with van der Waals surface area (Å²) in [6.07, 6.45) is 0.215. The molecular formula is C15H13BrF2N2O3. The van der Waals surface area contributed by atoms with Gasteiger partial charge in [0, 0.05) is 16.2 Å². The van der Waals surface area contributed by atoms with Crippen molar-refractivity contribution in [3.63, 3.8) is 0 Å². The van der Waals surface area contributed by atoms with Crippen LogP contribution in [0.4, 0.5) is 14.6 Å². The zero-order chi connectivity index (χ0) is 17.0. The molecule has 0 fully saturated rings. The molecule has 2 N–H and O–H groups in total. The lowest BCUT2D eigenvalue weighted by molar-refractivity contribution is 0.0593. The number of anilines is 1. The average molecular weight is 387 g/mol. The maximum absolute atomic E-state index is 13.5. The second kappa shape index (κ2) is 7.36. The molecule has 0 radical (unpaired) electrons. The van der Waals surface area contributed by atoms with Gasteiger partial charge in [-0.3, -0.25) is 0 Å². The molecule has 0 aliphatic heterocycles. The highest BCUT2D eigenvalue weighted by Gasteiger charge is 2.23.